The molecule has 3 nitrogen and oxygen atoms in total. The standard InChI is InChI=1S/C14H19ClFNO2/c1-5-19-13(18)14(4,17-9(2)3)11-7-6-10(16)8-12(11)15/h6-9,17H,5H2,1-4H3. The van der Waals surface area contributed by atoms with Crippen LogP contribution in [0.1, 0.15) is 33.3 Å². The second kappa shape index (κ2) is 6.35. The highest BCUT2D eigenvalue weighted by atomic mass is 35.5. The van der Waals surface area contributed by atoms with Gasteiger partial charge < -0.3 is 4.74 Å². The molecule has 1 aromatic carbocycles. The lowest BCUT2D eigenvalue weighted by Gasteiger charge is -2.31. The Morgan fingerprint density at radius 2 is 2.16 bits per heavy atom. The van der Waals surface area contributed by atoms with Gasteiger partial charge in [-0.15, -0.1) is 0 Å². The van der Waals surface area contributed by atoms with E-state index in [0.717, 1.165) is 0 Å². The zero-order chi connectivity index (χ0) is 14.6. The van der Waals surface area contributed by atoms with Gasteiger partial charge in [-0.1, -0.05) is 17.7 Å². The van der Waals surface area contributed by atoms with Crippen LogP contribution in [0, 0.1) is 5.82 Å². The first-order valence-corrected chi connectivity index (χ1v) is 6.59. The summed E-state index contributed by atoms with van der Waals surface area (Å²) in [5.74, 6) is -0.873. The second-order valence-corrected chi connectivity index (χ2v) is 5.18. The van der Waals surface area contributed by atoms with E-state index < -0.39 is 17.3 Å². The van der Waals surface area contributed by atoms with Crippen molar-refractivity contribution in [2.45, 2.75) is 39.3 Å². The average Bonchev–Trinajstić information content (AvgIpc) is 2.27. The summed E-state index contributed by atoms with van der Waals surface area (Å²) in [4.78, 5) is 12.2. The summed E-state index contributed by atoms with van der Waals surface area (Å²) in [6.45, 7) is 7.51. The number of rotatable bonds is 5. The fourth-order valence-electron chi connectivity index (χ4n) is 1.99. The lowest BCUT2D eigenvalue weighted by Crippen LogP contribution is -2.50. The smallest absolute Gasteiger partial charge is 0.330 e. The third-order valence-electron chi connectivity index (χ3n) is 2.73. The van der Waals surface area contributed by atoms with Crippen LogP contribution < -0.4 is 5.32 Å². The van der Waals surface area contributed by atoms with Crippen molar-refractivity contribution in [2.75, 3.05) is 6.61 Å². The molecule has 1 aromatic rings. The average molecular weight is 288 g/mol. The molecular weight excluding hydrogens is 269 g/mol. The largest absolute Gasteiger partial charge is 0.464 e. The molecular formula is C14H19ClFNO2. The van der Waals surface area contributed by atoms with Gasteiger partial charge in [0, 0.05) is 16.6 Å². The van der Waals surface area contributed by atoms with Crippen LogP contribution in [0.4, 0.5) is 4.39 Å². The van der Waals surface area contributed by atoms with Crippen LogP contribution >= 0.6 is 11.6 Å². The number of halogens is 2. The van der Waals surface area contributed by atoms with Crippen molar-refractivity contribution >= 4 is 17.6 Å². The molecule has 0 amide bonds. The number of hydrogen-bond donors (Lipinski definition) is 1. The Bertz CT molecular complexity index is 465. The number of carbonyl (C=O) groups excluding carboxylic acids is 1. The van der Waals surface area contributed by atoms with Gasteiger partial charge in [0.2, 0.25) is 0 Å². The van der Waals surface area contributed by atoms with Crippen molar-refractivity contribution in [3.05, 3.63) is 34.6 Å². The van der Waals surface area contributed by atoms with Crippen LogP contribution in [-0.4, -0.2) is 18.6 Å². The summed E-state index contributed by atoms with van der Waals surface area (Å²) < 4.78 is 18.2. The van der Waals surface area contributed by atoms with Crippen LogP contribution in [0.15, 0.2) is 18.2 Å². The van der Waals surface area contributed by atoms with Gasteiger partial charge in [0.25, 0.3) is 0 Å². The van der Waals surface area contributed by atoms with Gasteiger partial charge in [0.05, 0.1) is 6.61 Å². The molecule has 0 saturated heterocycles. The zero-order valence-electron chi connectivity index (χ0n) is 11.6. The zero-order valence-corrected chi connectivity index (χ0v) is 12.3. The first kappa shape index (κ1) is 15.9. The molecule has 0 aliphatic heterocycles. The van der Waals surface area contributed by atoms with E-state index in [2.05, 4.69) is 5.32 Å². The van der Waals surface area contributed by atoms with Crippen molar-refractivity contribution in [1.82, 2.24) is 5.32 Å². The Labute approximate surface area is 118 Å². The van der Waals surface area contributed by atoms with Crippen molar-refractivity contribution < 1.29 is 13.9 Å². The topological polar surface area (TPSA) is 38.3 Å². The summed E-state index contributed by atoms with van der Waals surface area (Å²) >= 11 is 6.05. The fraction of sp³-hybridized carbons (Fsp3) is 0.500. The SMILES string of the molecule is CCOC(=O)C(C)(NC(C)C)c1ccc(F)cc1Cl. The molecule has 1 atom stereocenters. The summed E-state index contributed by atoms with van der Waals surface area (Å²) in [5.41, 5.74) is -0.600. The van der Waals surface area contributed by atoms with E-state index in [4.69, 9.17) is 16.3 Å². The van der Waals surface area contributed by atoms with Crippen LogP contribution in [0.25, 0.3) is 0 Å². The Kier molecular flexibility index (Phi) is 5.32. The molecule has 0 aromatic heterocycles. The molecule has 1 rings (SSSR count). The van der Waals surface area contributed by atoms with Crippen molar-refractivity contribution in [1.29, 1.82) is 0 Å². The number of esters is 1. The number of nitrogens with one attached hydrogen (secondary N) is 1. The van der Waals surface area contributed by atoms with E-state index in [9.17, 15) is 9.18 Å². The Hall–Kier alpha value is -1.13. The molecule has 0 spiro atoms. The highest BCUT2D eigenvalue weighted by molar-refractivity contribution is 6.31. The van der Waals surface area contributed by atoms with Gasteiger partial charge in [-0.05, 0) is 39.8 Å². The molecule has 0 aliphatic carbocycles. The summed E-state index contributed by atoms with van der Waals surface area (Å²) in [7, 11) is 0. The fourth-order valence-corrected chi connectivity index (χ4v) is 2.35. The normalized spacial score (nSPS) is 14.3. The van der Waals surface area contributed by atoms with Crippen LogP contribution in [0.3, 0.4) is 0 Å². The van der Waals surface area contributed by atoms with Gasteiger partial charge in [-0.25, -0.2) is 9.18 Å². The Morgan fingerprint density at radius 1 is 1.53 bits per heavy atom. The predicted octanol–water partition coefficient (Wildman–Crippen LogP) is 3.26. The molecule has 106 valence electrons. The monoisotopic (exact) mass is 287 g/mol. The Morgan fingerprint density at radius 3 is 2.63 bits per heavy atom. The number of carbonyl (C=O) groups is 1. The van der Waals surface area contributed by atoms with Crippen molar-refractivity contribution in [3.8, 4) is 0 Å². The molecule has 0 radical (unpaired) electrons. The number of ether oxygens (including phenoxy) is 1. The lowest BCUT2D eigenvalue weighted by atomic mass is 9.91. The van der Waals surface area contributed by atoms with Crippen molar-refractivity contribution in [3.63, 3.8) is 0 Å². The van der Waals surface area contributed by atoms with Gasteiger partial charge >= 0.3 is 5.97 Å². The first-order valence-electron chi connectivity index (χ1n) is 6.21. The van der Waals surface area contributed by atoms with Gasteiger partial charge in [-0.2, -0.15) is 0 Å². The highest BCUT2D eigenvalue weighted by Gasteiger charge is 2.38. The number of hydrogen-bond acceptors (Lipinski definition) is 3. The predicted molar refractivity (Wildman–Crippen MR) is 73.7 cm³/mol. The minimum Gasteiger partial charge on any atom is -0.464 e. The Balaban J connectivity index is 3.26. The van der Waals surface area contributed by atoms with Crippen LogP contribution in [-0.2, 0) is 15.1 Å². The maximum absolute atomic E-state index is 13.1. The molecule has 19 heavy (non-hydrogen) atoms. The van der Waals surface area contributed by atoms with Crippen molar-refractivity contribution in [2.24, 2.45) is 0 Å². The van der Waals surface area contributed by atoms with E-state index in [1.54, 1.807) is 13.8 Å². The minimum absolute atomic E-state index is 0.0375. The van der Waals surface area contributed by atoms with E-state index in [1.165, 1.54) is 18.2 Å². The molecule has 5 heteroatoms. The summed E-state index contributed by atoms with van der Waals surface area (Å²) in [6.07, 6.45) is 0. The molecule has 0 fully saturated rings. The molecule has 0 bridgehead atoms. The molecule has 1 N–H and O–H groups in total. The molecule has 1 unspecified atom stereocenters. The first-order chi connectivity index (χ1) is 8.81. The number of benzene rings is 1. The molecule has 0 heterocycles. The third-order valence-corrected chi connectivity index (χ3v) is 3.04. The third kappa shape index (κ3) is 3.67. The lowest BCUT2D eigenvalue weighted by molar-refractivity contribution is -0.151. The quantitative estimate of drug-likeness (QED) is 0.845. The van der Waals surface area contributed by atoms with Crippen LogP contribution in [0.5, 0.6) is 0 Å². The van der Waals surface area contributed by atoms with Crippen LogP contribution in [0.2, 0.25) is 5.02 Å². The van der Waals surface area contributed by atoms with E-state index in [1.807, 2.05) is 13.8 Å². The summed E-state index contributed by atoms with van der Waals surface area (Å²) in [6, 6.07) is 4.01. The maximum Gasteiger partial charge on any atom is 0.330 e. The van der Waals surface area contributed by atoms with E-state index in [0.29, 0.717) is 5.56 Å². The minimum atomic E-state index is -1.10. The van der Waals surface area contributed by atoms with E-state index >= 15 is 0 Å². The second-order valence-electron chi connectivity index (χ2n) is 4.77. The maximum atomic E-state index is 13.1. The van der Waals surface area contributed by atoms with Gasteiger partial charge in [0.15, 0.2) is 0 Å². The molecule has 0 saturated carbocycles. The van der Waals surface area contributed by atoms with Gasteiger partial charge in [-0.3, -0.25) is 5.32 Å². The van der Waals surface area contributed by atoms with E-state index in [-0.39, 0.29) is 17.7 Å². The molecule has 0 aliphatic rings. The van der Waals surface area contributed by atoms with Gasteiger partial charge in [0.1, 0.15) is 11.4 Å². The summed E-state index contributed by atoms with van der Waals surface area (Å²) in [5, 5.41) is 3.33. The highest BCUT2D eigenvalue weighted by Crippen LogP contribution is 2.30.